The molecule has 1 saturated heterocycles. The number of aliphatic hydroxyl groups is 3. The summed E-state index contributed by atoms with van der Waals surface area (Å²) in [7, 11) is 4.00. The average Bonchev–Trinajstić information content (AvgIpc) is 4.08. The Morgan fingerprint density at radius 1 is 0.945 bits per heavy atom. The molecule has 0 radical (unpaired) electrons. The number of phenolic OH excluding ortho intramolecular Hbond substituents is 1. The van der Waals surface area contributed by atoms with Gasteiger partial charge in [-0.25, -0.2) is 4.99 Å². The number of hydrogen-bond donors (Lipinski definition) is 9. The van der Waals surface area contributed by atoms with Crippen LogP contribution >= 0.6 is 21.6 Å². The quantitative estimate of drug-likeness (QED) is 0.0268. The fourth-order valence-corrected chi connectivity index (χ4v) is 18.2. The highest BCUT2D eigenvalue weighted by Gasteiger charge is 2.53. The zero-order chi connectivity index (χ0) is 50.6. The van der Waals surface area contributed by atoms with Crippen molar-refractivity contribution in [2.75, 3.05) is 31.2 Å². The van der Waals surface area contributed by atoms with E-state index in [1.807, 2.05) is 46.7 Å². The first-order valence-electron chi connectivity index (χ1n) is 28.7. The number of furan rings is 1. The van der Waals surface area contributed by atoms with E-state index in [0.717, 1.165) is 78.5 Å². The molecule has 14 unspecified atom stereocenters. The van der Waals surface area contributed by atoms with Crippen LogP contribution in [0.15, 0.2) is 51.9 Å². The Morgan fingerprint density at radius 2 is 1.78 bits per heavy atom. The van der Waals surface area contributed by atoms with E-state index in [4.69, 9.17) is 25.6 Å². The standard InChI is InChI=1S/C59H88N6O6S2/c1-35-10-16-45-40-23-37(12-17-46(45)48(50(60)27-40)33-72-73-34-52(35)65-58(61)63-43-8-4-3-5-9-43)14-19-55-41(31-66)26-44(71-55)15-11-38-13-18-53(68)56(24-38)70-32-54(69)51-28-47-49(30-62-29-36(2)67)59-21-6-7-42(59)25-39(20-22-59)57(47)64-51/h13,18,20,22,24,26,28,35-37,39-40,42-43,45-46,48-50,52,54,62,64,66-69H,3-12,14-17,19,21,23,25,27,29-34,60H2,1-2H3,(H3,61,63,65). The fourth-order valence-electron chi connectivity index (χ4n) is 15.4. The lowest BCUT2D eigenvalue weighted by molar-refractivity contribution is 0.0716. The molecule has 4 saturated carbocycles. The van der Waals surface area contributed by atoms with Gasteiger partial charge in [0.05, 0.1) is 18.8 Å². The molecule has 5 fully saturated rings. The lowest BCUT2D eigenvalue weighted by atomic mass is 9.62. The molecule has 12 nitrogen and oxygen atoms in total. The molecule has 2 aromatic heterocycles. The van der Waals surface area contributed by atoms with Crippen molar-refractivity contribution in [3.05, 3.63) is 82.1 Å². The minimum atomic E-state index is -0.906. The number of benzene rings is 1. The second-order valence-electron chi connectivity index (χ2n) is 24.1. The van der Waals surface area contributed by atoms with E-state index in [0.29, 0.717) is 84.5 Å². The van der Waals surface area contributed by atoms with E-state index in [9.17, 15) is 20.4 Å². The van der Waals surface area contributed by atoms with Crippen LogP contribution in [-0.2, 0) is 25.9 Å². The van der Waals surface area contributed by atoms with Gasteiger partial charge in [0.15, 0.2) is 17.5 Å². The second kappa shape index (κ2) is 24.1. The third kappa shape index (κ3) is 12.2. The van der Waals surface area contributed by atoms with Gasteiger partial charge in [0.2, 0.25) is 0 Å². The number of aromatic nitrogens is 1. The van der Waals surface area contributed by atoms with Crippen LogP contribution in [0.1, 0.15) is 174 Å². The van der Waals surface area contributed by atoms with Gasteiger partial charge in [0.1, 0.15) is 24.2 Å². The van der Waals surface area contributed by atoms with Crippen molar-refractivity contribution in [3.8, 4) is 11.5 Å². The summed E-state index contributed by atoms with van der Waals surface area (Å²) in [6.45, 7) is 5.50. The van der Waals surface area contributed by atoms with Crippen LogP contribution in [0.3, 0.4) is 0 Å². The van der Waals surface area contributed by atoms with E-state index in [-0.39, 0.29) is 42.4 Å². The van der Waals surface area contributed by atoms with Gasteiger partial charge >= 0.3 is 0 Å². The Kier molecular flexibility index (Phi) is 17.6. The zero-order valence-corrected chi connectivity index (χ0v) is 45.5. The topological polar surface area (TPSA) is 208 Å². The first kappa shape index (κ1) is 53.3. The summed E-state index contributed by atoms with van der Waals surface area (Å²) in [5, 5.41) is 50.1. The molecule has 14 atom stereocenters. The van der Waals surface area contributed by atoms with Gasteiger partial charge in [-0.15, -0.1) is 0 Å². The summed E-state index contributed by atoms with van der Waals surface area (Å²) >= 11 is 0. The van der Waals surface area contributed by atoms with Crippen molar-refractivity contribution in [2.45, 2.75) is 185 Å². The van der Waals surface area contributed by atoms with Crippen molar-refractivity contribution in [1.82, 2.24) is 15.6 Å². The fraction of sp³-hybridized carbons (Fsp3) is 0.712. The molecule has 6 bridgehead atoms. The summed E-state index contributed by atoms with van der Waals surface area (Å²) in [6.07, 6.45) is 25.0. The molecule has 402 valence electrons. The molecule has 8 aliphatic rings. The third-order valence-electron chi connectivity index (χ3n) is 19.4. The molecular weight excluding hydrogens is 953 g/mol. The van der Waals surface area contributed by atoms with Crippen molar-refractivity contribution < 1.29 is 29.6 Å². The van der Waals surface area contributed by atoms with Gasteiger partial charge in [0, 0.05) is 78.3 Å². The van der Waals surface area contributed by atoms with E-state index in [1.54, 1.807) is 6.07 Å². The number of nitrogens with two attached hydrogens (primary N) is 2. The predicted octanol–water partition coefficient (Wildman–Crippen LogP) is 9.95. The van der Waals surface area contributed by atoms with Crippen LogP contribution in [0.5, 0.6) is 11.5 Å². The molecule has 7 aliphatic carbocycles. The summed E-state index contributed by atoms with van der Waals surface area (Å²) in [6, 6.07) is 10.6. The van der Waals surface area contributed by atoms with Gasteiger partial charge in [-0.1, -0.05) is 78.8 Å². The number of aliphatic hydroxyl groups excluding tert-OH is 3. The number of guanidine groups is 1. The normalized spacial score (nSPS) is 33.5. The van der Waals surface area contributed by atoms with E-state index in [2.05, 4.69) is 40.8 Å². The number of aromatic hydroxyl groups is 1. The summed E-state index contributed by atoms with van der Waals surface area (Å²) in [4.78, 5) is 8.78. The monoisotopic (exact) mass is 1040 g/mol. The third-order valence-corrected chi connectivity index (χ3v) is 21.8. The second-order valence-corrected chi connectivity index (χ2v) is 26.6. The maximum atomic E-state index is 11.6. The summed E-state index contributed by atoms with van der Waals surface area (Å²) < 4.78 is 12.7. The average molecular weight is 1040 g/mol. The van der Waals surface area contributed by atoms with Crippen LogP contribution in [0.4, 0.5) is 0 Å². The van der Waals surface area contributed by atoms with E-state index >= 15 is 0 Å². The molecule has 1 aromatic carbocycles. The summed E-state index contributed by atoms with van der Waals surface area (Å²) in [5.74, 6) is 9.72. The lowest BCUT2D eigenvalue weighted by Crippen LogP contribution is -2.47. The van der Waals surface area contributed by atoms with Crippen LogP contribution in [-0.4, -0.2) is 86.8 Å². The number of phenols is 1. The molecule has 3 heterocycles. The Balaban J connectivity index is 0.735. The molecule has 0 amide bonds. The first-order chi connectivity index (χ1) is 35.4. The lowest BCUT2D eigenvalue weighted by Gasteiger charge is -2.46. The maximum Gasteiger partial charge on any atom is 0.189 e. The molecule has 1 spiro atoms. The predicted molar refractivity (Wildman–Crippen MR) is 296 cm³/mol. The largest absolute Gasteiger partial charge is 0.504 e. The SMILES string of the molecule is CC(O)CNCC1c2cc(C(O)COc3cc(CCc4cc(CO)c(CCC5CCC6C7CSSCC(N=C(N)NC8CCCCC8)C(C)CCC6C(C5)CC7N)o4)ccc3O)[nH]c2C2C=CC13CCCC3C2. The number of nitrogens with zero attached hydrogens (tertiary/aromatic N) is 1. The number of allylic oxidation sites excluding steroid dienone is 2. The smallest absolute Gasteiger partial charge is 0.189 e. The number of rotatable bonds is 17. The zero-order valence-electron chi connectivity index (χ0n) is 43.8. The molecule has 3 aromatic rings. The van der Waals surface area contributed by atoms with Crippen LogP contribution in [0.2, 0.25) is 0 Å². The van der Waals surface area contributed by atoms with Gasteiger partial charge in [-0.3, -0.25) is 0 Å². The summed E-state index contributed by atoms with van der Waals surface area (Å²) in [5.41, 5.74) is 18.8. The Bertz CT molecular complexity index is 2350. The van der Waals surface area contributed by atoms with E-state index < -0.39 is 12.2 Å². The van der Waals surface area contributed by atoms with E-state index in [1.165, 1.54) is 88.3 Å². The maximum absolute atomic E-state index is 11.6. The van der Waals surface area contributed by atoms with Gasteiger partial charge in [-0.2, -0.15) is 0 Å². The highest BCUT2D eigenvalue weighted by atomic mass is 33.1. The number of ether oxygens (including phenoxy) is 1. The molecule has 73 heavy (non-hydrogen) atoms. The van der Waals surface area contributed by atoms with Gasteiger partial charge in [0.25, 0.3) is 0 Å². The van der Waals surface area contributed by atoms with Crippen LogP contribution in [0.25, 0.3) is 0 Å². The number of aryl methyl sites for hydroxylation is 3. The highest BCUT2D eigenvalue weighted by Crippen LogP contribution is 2.62. The van der Waals surface area contributed by atoms with Crippen molar-refractivity contribution in [3.63, 3.8) is 0 Å². The first-order valence-corrected chi connectivity index (χ1v) is 31.2. The minimum Gasteiger partial charge on any atom is -0.504 e. The van der Waals surface area contributed by atoms with Crippen LogP contribution in [0, 0.1) is 46.8 Å². The van der Waals surface area contributed by atoms with Crippen molar-refractivity contribution >= 4 is 27.5 Å². The number of hydrogen-bond acceptors (Lipinski definition) is 11. The minimum absolute atomic E-state index is 0.00479. The molecular formula is C59H88N6O6S2. The Hall–Kier alpha value is -3.11. The number of aromatic amines is 1. The number of aliphatic imine (C=N–C) groups is 1. The number of nitrogens with one attached hydrogen (secondary N) is 3. The van der Waals surface area contributed by atoms with Gasteiger partial charge < -0.3 is 56.7 Å². The molecule has 1 aliphatic heterocycles. The molecule has 14 heteroatoms. The van der Waals surface area contributed by atoms with Crippen molar-refractivity contribution in [1.29, 1.82) is 0 Å². The van der Waals surface area contributed by atoms with Crippen molar-refractivity contribution in [2.24, 2.45) is 63.3 Å². The Morgan fingerprint density at radius 3 is 2.62 bits per heavy atom. The Labute approximate surface area is 443 Å². The van der Waals surface area contributed by atoms with Gasteiger partial charge in [-0.05, 0) is 166 Å². The highest BCUT2D eigenvalue weighted by molar-refractivity contribution is 8.76. The van der Waals surface area contributed by atoms with Crippen LogP contribution < -0.4 is 26.8 Å². The number of H-pyrrole nitrogens is 1. The molecule has 11 rings (SSSR count). The molecule has 11 N–H and O–H groups in total.